The topological polar surface area (TPSA) is 62.7 Å². The van der Waals surface area contributed by atoms with Crippen LogP contribution in [0.25, 0.3) is 0 Å². The predicted molar refractivity (Wildman–Crippen MR) is 94.6 cm³/mol. The quantitative estimate of drug-likeness (QED) is 0.847. The second kappa shape index (κ2) is 6.34. The van der Waals surface area contributed by atoms with Gasteiger partial charge in [-0.1, -0.05) is 0 Å². The molecule has 8 heteroatoms. The van der Waals surface area contributed by atoms with Crippen LogP contribution in [0.15, 0.2) is 12.1 Å². The van der Waals surface area contributed by atoms with Gasteiger partial charge in [-0.3, -0.25) is 4.79 Å². The number of likely N-dealkylation sites (tertiary alicyclic amines) is 1. The summed E-state index contributed by atoms with van der Waals surface area (Å²) < 4.78 is 43.6. The van der Waals surface area contributed by atoms with E-state index in [1.54, 1.807) is 6.92 Å². The Labute approximate surface area is 161 Å². The number of aromatic nitrogens is 1. The highest BCUT2D eigenvalue weighted by Crippen LogP contribution is 2.54. The van der Waals surface area contributed by atoms with Crippen molar-refractivity contribution in [2.45, 2.75) is 50.8 Å². The molecule has 5 nitrogen and oxygen atoms in total. The van der Waals surface area contributed by atoms with Crippen molar-refractivity contribution in [2.24, 2.45) is 17.3 Å². The molecule has 0 bridgehead atoms. The van der Waals surface area contributed by atoms with Crippen LogP contribution in [0.1, 0.15) is 43.9 Å². The maximum absolute atomic E-state index is 12.9. The Kier molecular flexibility index (Phi) is 4.41. The van der Waals surface area contributed by atoms with E-state index in [1.807, 2.05) is 4.90 Å². The summed E-state index contributed by atoms with van der Waals surface area (Å²) in [6, 6.07) is 2.46. The Balaban J connectivity index is 1.27. The minimum absolute atomic E-state index is 0.0490. The van der Waals surface area contributed by atoms with E-state index in [4.69, 9.17) is 4.74 Å². The highest BCUT2D eigenvalue weighted by atomic mass is 19.4. The molecule has 2 saturated carbocycles. The van der Waals surface area contributed by atoms with Crippen molar-refractivity contribution >= 4 is 5.91 Å². The van der Waals surface area contributed by atoms with Crippen LogP contribution in [0.5, 0.6) is 5.88 Å². The van der Waals surface area contributed by atoms with Crippen molar-refractivity contribution in [2.75, 3.05) is 20.2 Å². The number of halogens is 3. The largest absolute Gasteiger partial charge is 0.481 e. The summed E-state index contributed by atoms with van der Waals surface area (Å²) in [7, 11) is 1.20. The first kappa shape index (κ1) is 19.5. The molecule has 1 spiro atoms. The van der Waals surface area contributed by atoms with E-state index >= 15 is 0 Å². The summed E-state index contributed by atoms with van der Waals surface area (Å²) >= 11 is 0. The summed E-state index contributed by atoms with van der Waals surface area (Å²) in [5.74, 6) is 0.0910. The summed E-state index contributed by atoms with van der Waals surface area (Å²) in [4.78, 5) is 18.3. The fourth-order valence-electron chi connectivity index (χ4n) is 5.18. The van der Waals surface area contributed by atoms with Gasteiger partial charge in [0.15, 0.2) is 0 Å². The molecule has 1 aromatic rings. The number of alkyl halides is 3. The van der Waals surface area contributed by atoms with Crippen molar-refractivity contribution < 1.29 is 27.8 Å². The number of aliphatic hydroxyl groups is 1. The summed E-state index contributed by atoms with van der Waals surface area (Å²) in [5.41, 5.74) is -0.774. The minimum atomic E-state index is -4.48. The number of ether oxygens (including phenoxy) is 1. The maximum atomic E-state index is 12.9. The third-order valence-electron chi connectivity index (χ3n) is 6.44. The number of hydrogen-bond acceptors (Lipinski definition) is 4. The molecule has 154 valence electrons. The van der Waals surface area contributed by atoms with E-state index in [9.17, 15) is 23.1 Å². The Morgan fingerprint density at radius 1 is 1.29 bits per heavy atom. The van der Waals surface area contributed by atoms with Gasteiger partial charge in [-0.2, -0.15) is 13.2 Å². The first-order valence-electron chi connectivity index (χ1n) is 9.63. The normalized spacial score (nSPS) is 29.1. The summed E-state index contributed by atoms with van der Waals surface area (Å²) in [6.45, 7) is 3.27. The molecule has 3 fully saturated rings. The number of hydrogen-bond donors (Lipinski definition) is 1. The lowest BCUT2D eigenvalue weighted by atomic mass is 9.56. The number of carbonyl (C=O) groups is 1. The van der Waals surface area contributed by atoms with Gasteiger partial charge in [-0.25, -0.2) is 4.98 Å². The van der Waals surface area contributed by atoms with Gasteiger partial charge in [-0.15, -0.1) is 0 Å². The first-order valence-corrected chi connectivity index (χ1v) is 9.63. The van der Waals surface area contributed by atoms with E-state index in [1.165, 1.54) is 13.2 Å². The average molecular weight is 398 g/mol. The van der Waals surface area contributed by atoms with Gasteiger partial charge in [0.1, 0.15) is 5.56 Å². The Morgan fingerprint density at radius 2 is 1.93 bits per heavy atom. The van der Waals surface area contributed by atoms with Gasteiger partial charge in [0.05, 0.1) is 12.7 Å². The lowest BCUT2D eigenvalue weighted by molar-refractivity contribution is -0.171. The predicted octanol–water partition coefficient (Wildman–Crippen LogP) is 3.05. The molecule has 0 atom stereocenters. The highest BCUT2D eigenvalue weighted by Gasteiger charge is 2.55. The van der Waals surface area contributed by atoms with Crippen LogP contribution in [-0.4, -0.2) is 46.7 Å². The Hall–Kier alpha value is -1.83. The minimum Gasteiger partial charge on any atom is -0.481 e. The van der Waals surface area contributed by atoms with Crippen LogP contribution in [-0.2, 0) is 17.4 Å². The number of pyridine rings is 1. The Bertz CT molecular complexity index is 771. The lowest BCUT2D eigenvalue weighted by Crippen LogP contribution is -2.66. The molecule has 4 rings (SSSR count). The zero-order valence-electron chi connectivity index (χ0n) is 16.1. The van der Waals surface area contributed by atoms with Crippen LogP contribution in [0.2, 0.25) is 0 Å². The summed E-state index contributed by atoms with van der Waals surface area (Å²) in [5, 5.41) is 9.79. The smallest absolute Gasteiger partial charge is 0.421 e. The number of rotatable bonds is 4. The SMILES string of the molecule is COc1nc(CC2CC3(C2)CN(C(=O)[C@H]2C[C@@](C)(O)C2)C3)ccc1C(F)(F)F. The van der Waals surface area contributed by atoms with Gasteiger partial charge in [0.25, 0.3) is 0 Å². The van der Waals surface area contributed by atoms with E-state index in [2.05, 4.69) is 4.98 Å². The molecule has 2 heterocycles. The molecule has 1 amide bonds. The number of amides is 1. The number of nitrogens with zero attached hydrogens (tertiary/aromatic N) is 2. The molecule has 0 radical (unpaired) electrons. The molecule has 1 aromatic heterocycles. The van der Waals surface area contributed by atoms with E-state index in [0.717, 1.165) is 32.0 Å². The summed E-state index contributed by atoms with van der Waals surface area (Å²) in [6.07, 6.45) is -0.851. The van der Waals surface area contributed by atoms with Crippen LogP contribution in [0.4, 0.5) is 13.2 Å². The average Bonchev–Trinajstić information content (AvgIpc) is 2.51. The highest BCUT2D eigenvalue weighted by molar-refractivity contribution is 5.81. The van der Waals surface area contributed by atoms with Crippen molar-refractivity contribution in [3.05, 3.63) is 23.4 Å². The zero-order valence-corrected chi connectivity index (χ0v) is 16.1. The van der Waals surface area contributed by atoms with E-state index in [-0.39, 0.29) is 23.1 Å². The van der Waals surface area contributed by atoms with E-state index < -0.39 is 17.3 Å². The van der Waals surface area contributed by atoms with Crippen LogP contribution < -0.4 is 4.74 Å². The monoisotopic (exact) mass is 398 g/mol. The molecule has 1 N–H and O–H groups in total. The van der Waals surface area contributed by atoms with Crippen LogP contribution in [0.3, 0.4) is 0 Å². The Morgan fingerprint density at radius 3 is 2.46 bits per heavy atom. The molecule has 1 saturated heterocycles. The second-order valence-corrected chi connectivity index (χ2v) is 9.13. The number of carbonyl (C=O) groups excluding carboxylic acids is 1. The van der Waals surface area contributed by atoms with E-state index in [0.29, 0.717) is 30.9 Å². The standard InChI is InChI=1S/C20H25F3N2O3/c1-18(27)8-13(9-18)17(26)25-10-19(11-25)6-12(7-19)5-14-3-4-15(20(21,22)23)16(24-14)28-2/h3-4,12-13,27H,5-11H2,1-2H3/t13-,18+. The fourth-order valence-corrected chi connectivity index (χ4v) is 5.18. The lowest BCUT2D eigenvalue weighted by Gasteiger charge is -2.60. The van der Waals surface area contributed by atoms with Crippen molar-refractivity contribution in [3.8, 4) is 5.88 Å². The van der Waals surface area contributed by atoms with Gasteiger partial charge >= 0.3 is 6.18 Å². The first-order chi connectivity index (χ1) is 13.0. The third kappa shape index (κ3) is 3.47. The molecule has 28 heavy (non-hydrogen) atoms. The van der Waals surface area contributed by atoms with Crippen molar-refractivity contribution in [1.29, 1.82) is 0 Å². The van der Waals surface area contributed by atoms with Crippen molar-refractivity contribution in [1.82, 2.24) is 9.88 Å². The molecule has 2 aliphatic carbocycles. The van der Waals surface area contributed by atoms with Crippen LogP contribution in [0, 0.1) is 17.3 Å². The molecule has 1 aliphatic heterocycles. The second-order valence-electron chi connectivity index (χ2n) is 9.13. The molecule has 3 aliphatic rings. The van der Waals surface area contributed by atoms with Crippen LogP contribution >= 0.6 is 0 Å². The fraction of sp³-hybridized carbons (Fsp3) is 0.700. The van der Waals surface area contributed by atoms with Gasteiger partial charge in [0.2, 0.25) is 11.8 Å². The zero-order chi connectivity index (χ0) is 20.3. The van der Waals surface area contributed by atoms with Crippen molar-refractivity contribution in [3.63, 3.8) is 0 Å². The third-order valence-corrected chi connectivity index (χ3v) is 6.44. The molecular formula is C20H25F3N2O3. The van der Waals surface area contributed by atoms with Gasteiger partial charge in [-0.05, 0) is 57.1 Å². The van der Waals surface area contributed by atoms with Gasteiger partial charge in [0, 0.05) is 30.1 Å². The molecule has 0 aromatic carbocycles. The maximum Gasteiger partial charge on any atom is 0.421 e. The number of methoxy groups -OCH3 is 1. The van der Waals surface area contributed by atoms with Gasteiger partial charge < -0.3 is 14.7 Å². The molecular weight excluding hydrogens is 373 g/mol. The molecule has 0 unspecified atom stereocenters.